The Morgan fingerprint density at radius 3 is 2.69 bits per heavy atom. The lowest BCUT2D eigenvalue weighted by Crippen LogP contribution is -2.25. The number of carbonyl (C=O) groups excluding carboxylic acids is 1. The van der Waals surface area contributed by atoms with E-state index < -0.39 is 11.7 Å². The second kappa shape index (κ2) is 7.45. The highest BCUT2D eigenvalue weighted by Gasteiger charge is 2.16. The first-order chi connectivity index (χ1) is 12.5. The van der Waals surface area contributed by atoms with E-state index in [1.165, 1.54) is 0 Å². The SMILES string of the molecule is COc1ccc(-c2noc(=O)n2CC(=O)Nc2cc(Cl)ccc2C)cc1. The van der Waals surface area contributed by atoms with Gasteiger partial charge in [0, 0.05) is 16.3 Å². The molecule has 0 aliphatic heterocycles. The quantitative estimate of drug-likeness (QED) is 0.742. The zero-order valence-corrected chi connectivity index (χ0v) is 14.9. The number of nitrogens with one attached hydrogen (secondary N) is 1. The summed E-state index contributed by atoms with van der Waals surface area (Å²) in [5, 5.41) is 7.01. The molecule has 7 nitrogen and oxygen atoms in total. The van der Waals surface area contributed by atoms with Crippen LogP contribution in [0.4, 0.5) is 5.69 Å². The summed E-state index contributed by atoms with van der Waals surface area (Å²) in [7, 11) is 1.56. The first-order valence-electron chi connectivity index (χ1n) is 7.75. The smallest absolute Gasteiger partial charge is 0.442 e. The summed E-state index contributed by atoms with van der Waals surface area (Å²) in [5.74, 6) is -0.180. The molecule has 1 heterocycles. The average Bonchev–Trinajstić information content (AvgIpc) is 2.99. The van der Waals surface area contributed by atoms with Crippen molar-refractivity contribution in [3.63, 3.8) is 0 Å². The summed E-state index contributed by atoms with van der Waals surface area (Å²) in [6.45, 7) is 1.61. The van der Waals surface area contributed by atoms with Crippen LogP contribution in [0.5, 0.6) is 5.75 Å². The molecular formula is C18H16ClN3O4. The molecule has 0 atom stereocenters. The van der Waals surface area contributed by atoms with Crippen LogP contribution >= 0.6 is 11.6 Å². The Bertz CT molecular complexity index is 992. The minimum atomic E-state index is -0.714. The molecule has 1 amide bonds. The predicted octanol–water partition coefficient (Wildman–Crippen LogP) is 3.11. The van der Waals surface area contributed by atoms with Crippen molar-refractivity contribution in [1.82, 2.24) is 9.72 Å². The van der Waals surface area contributed by atoms with Crippen molar-refractivity contribution in [2.75, 3.05) is 12.4 Å². The predicted molar refractivity (Wildman–Crippen MR) is 97.6 cm³/mol. The molecule has 0 saturated heterocycles. The highest BCUT2D eigenvalue weighted by molar-refractivity contribution is 6.31. The molecule has 0 saturated carbocycles. The van der Waals surface area contributed by atoms with Gasteiger partial charge in [0.05, 0.1) is 7.11 Å². The van der Waals surface area contributed by atoms with Gasteiger partial charge >= 0.3 is 5.76 Å². The maximum atomic E-state index is 12.4. The third-order valence-corrected chi connectivity index (χ3v) is 4.05. The van der Waals surface area contributed by atoms with Crippen LogP contribution in [0.3, 0.4) is 0 Å². The maximum Gasteiger partial charge on any atom is 0.442 e. The Kier molecular flexibility index (Phi) is 5.09. The van der Waals surface area contributed by atoms with Crippen LogP contribution < -0.4 is 15.8 Å². The summed E-state index contributed by atoms with van der Waals surface area (Å²) >= 11 is 5.96. The minimum Gasteiger partial charge on any atom is -0.497 e. The van der Waals surface area contributed by atoms with Crippen molar-refractivity contribution in [3.8, 4) is 17.1 Å². The van der Waals surface area contributed by atoms with Gasteiger partial charge in [0.2, 0.25) is 5.91 Å². The number of halogens is 1. The van der Waals surface area contributed by atoms with Gasteiger partial charge < -0.3 is 10.1 Å². The number of ether oxygens (including phenoxy) is 1. The van der Waals surface area contributed by atoms with Gasteiger partial charge in [-0.05, 0) is 48.9 Å². The number of aryl methyl sites for hydroxylation is 1. The van der Waals surface area contributed by atoms with E-state index in [0.29, 0.717) is 22.0 Å². The number of carbonyl (C=O) groups is 1. The summed E-state index contributed by atoms with van der Waals surface area (Å²) in [6, 6.07) is 12.1. The molecule has 134 valence electrons. The van der Waals surface area contributed by atoms with E-state index in [-0.39, 0.29) is 12.4 Å². The maximum absolute atomic E-state index is 12.4. The first kappa shape index (κ1) is 17.8. The van der Waals surface area contributed by atoms with E-state index >= 15 is 0 Å². The van der Waals surface area contributed by atoms with Crippen LogP contribution in [0.25, 0.3) is 11.4 Å². The Morgan fingerprint density at radius 2 is 2.00 bits per heavy atom. The van der Waals surface area contributed by atoms with E-state index in [4.69, 9.17) is 20.9 Å². The van der Waals surface area contributed by atoms with Gasteiger partial charge in [-0.1, -0.05) is 22.8 Å². The topological polar surface area (TPSA) is 86.4 Å². The molecule has 1 aromatic heterocycles. The molecular weight excluding hydrogens is 358 g/mol. The minimum absolute atomic E-state index is 0.240. The second-order valence-corrected chi connectivity index (χ2v) is 6.03. The van der Waals surface area contributed by atoms with E-state index in [1.54, 1.807) is 49.6 Å². The molecule has 0 aliphatic carbocycles. The fourth-order valence-electron chi connectivity index (χ4n) is 2.42. The molecule has 26 heavy (non-hydrogen) atoms. The van der Waals surface area contributed by atoms with E-state index in [1.807, 2.05) is 6.92 Å². The molecule has 0 unspecified atom stereocenters. The van der Waals surface area contributed by atoms with Gasteiger partial charge in [0.25, 0.3) is 0 Å². The summed E-state index contributed by atoms with van der Waals surface area (Å²) in [4.78, 5) is 24.3. The fourth-order valence-corrected chi connectivity index (χ4v) is 2.59. The number of rotatable bonds is 5. The van der Waals surface area contributed by atoms with Gasteiger partial charge in [-0.15, -0.1) is 0 Å². The number of benzene rings is 2. The van der Waals surface area contributed by atoms with Crippen molar-refractivity contribution in [2.45, 2.75) is 13.5 Å². The highest BCUT2D eigenvalue weighted by Crippen LogP contribution is 2.21. The first-order valence-corrected chi connectivity index (χ1v) is 8.12. The number of anilines is 1. The monoisotopic (exact) mass is 373 g/mol. The Hall–Kier alpha value is -3.06. The summed E-state index contributed by atoms with van der Waals surface area (Å²) < 4.78 is 11.0. The van der Waals surface area contributed by atoms with Crippen LogP contribution in [0, 0.1) is 6.92 Å². The van der Waals surface area contributed by atoms with Gasteiger partial charge in [-0.25, -0.2) is 9.36 Å². The van der Waals surface area contributed by atoms with Crippen LogP contribution in [0.15, 0.2) is 51.8 Å². The molecule has 0 aliphatic rings. The standard InChI is InChI=1S/C18H16ClN3O4/c1-11-3-6-13(19)9-15(11)20-16(23)10-22-17(21-26-18(22)24)12-4-7-14(25-2)8-5-12/h3-9H,10H2,1-2H3,(H,20,23). The molecule has 0 radical (unpaired) electrons. The number of methoxy groups -OCH3 is 1. The Labute approximate surface area is 154 Å². The number of hydrogen-bond acceptors (Lipinski definition) is 5. The molecule has 1 N–H and O–H groups in total. The number of nitrogens with zero attached hydrogens (tertiary/aromatic N) is 2. The van der Waals surface area contributed by atoms with Crippen molar-refractivity contribution >= 4 is 23.2 Å². The Balaban J connectivity index is 1.83. The third-order valence-electron chi connectivity index (χ3n) is 3.81. The van der Waals surface area contributed by atoms with Gasteiger partial charge in [0.15, 0.2) is 5.82 Å². The molecule has 0 fully saturated rings. The molecule has 0 spiro atoms. The van der Waals surface area contributed by atoms with Gasteiger partial charge in [-0.3, -0.25) is 9.32 Å². The number of hydrogen-bond donors (Lipinski definition) is 1. The van der Waals surface area contributed by atoms with Gasteiger partial charge in [-0.2, -0.15) is 0 Å². The van der Waals surface area contributed by atoms with Crippen molar-refractivity contribution in [2.24, 2.45) is 0 Å². The average molecular weight is 374 g/mol. The van der Waals surface area contributed by atoms with E-state index in [2.05, 4.69) is 10.5 Å². The second-order valence-electron chi connectivity index (χ2n) is 5.59. The largest absolute Gasteiger partial charge is 0.497 e. The van der Waals surface area contributed by atoms with E-state index in [9.17, 15) is 9.59 Å². The normalized spacial score (nSPS) is 10.6. The van der Waals surface area contributed by atoms with E-state index in [0.717, 1.165) is 10.1 Å². The summed E-state index contributed by atoms with van der Waals surface area (Å²) in [6.07, 6.45) is 0. The molecule has 2 aromatic carbocycles. The number of amides is 1. The lowest BCUT2D eigenvalue weighted by atomic mass is 10.2. The fraction of sp³-hybridized carbons (Fsp3) is 0.167. The highest BCUT2D eigenvalue weighted by atomic mass is 35.5. The molecule has 3 rings (SSSR count). The van der Waals surface area contributed by atoms with Crippen LogP contribution in [0.1, 0.15) is 5.56 Å². The third kappa shape index (κ3) is 3.78. The summed E-state index contributed by atoms with van der Waals surface area (Å²) in [5.41, 5.74) is 2.07. The van der Waals surface area contributed by atoms with Gasteiger partial charge in [0.1, 0.15) is 12.3 Å². The zero-order chi connectivity index (χ0) is 18.7. The van der Waals surface area contributed by atoms with Crippen LogP contribution in [0.2, 0.25) is 5.02 Å². The lowest BCUT2D eigenvalue weighted by Gasteiger charge is -2.09. The Morgan fingerprint density at radius 1 is 1.27 bits per heavy atom. The van der Waals surface area contributed by atoms with Crippen molar-refractivity contribution < 1.29 is 14.1 Å². The lowest BCUT2D eigenvalue weighted by molar-refractivity contribution is -0.116. The molecule has 8 heteroatoms. The van der Waals surface area contributed by atoms with Crippen molar-refractivity contribution in [1.29, 1.82) is 0 Å². The van der Waals surface area contributed by atoms with Crippen molar-refractivity contribution in [3.05, 3.63) is 63.6 Å². The zero-order valence-electron chi connectivity index (χ0n) is 14.2. The number of aromatic nitrogens is 2. The molecule has 0 bridgehead atoms. The molecule has 3 aromatic rings. The van der Waals surface area contributed by atoms with Crippen LogP contribution in [-0.4, -0.2) is 22.7 Å². The van der Waals surface area contributed by atoms with Crippen LogP contribution in [-0.2, 0) is 11.3 Å².